The molecule has 2 rings (SSSR count). The Morgan fingerprint density at radius 1 is 1.33 bits per heavy atom. The second kappa shape index (κ2) is 9.04. The quantitative estimate of drug-likeness (QED) is 0.435. The molecule has 0 saturated carbocycles. The van der Waals surface area contributed by atoms with Crippen molar-refractivity contribution in [2.75, 3.05) is 12.4 Å². The molecule has 27 heavy (non-hydrogen) atoms. The summed E-state index contributed by atoms with van der Waals surface area (Å²) in [6.45, 7) is 1.58. The number of hydrazone groups is 1. The molecule has 0 bridgehead atoms. The van der Waals surface area contributed by atoms with Gasteiger partial charge >= 0.3 is 0 Å². The van der Waals surface area contributed by atoms with E-state index >= 15 is 0 Å². The Kier molecular flexibility index (Phi) is 6.53. The summed E-state index contributed by atoms with van der Waals surface area (Å²) >= 11 is 0. The number of nitrogens with zero attached hydrogens (tertiary/aromatic N) is 3. The van der Waals surface area contributed by atoms with Crippen LogP contribution in [-0.4, -0.2) is 34.5 Å². The van der Waals surface area contributed by atoms with Gasteiger partial charge in [-0.1, -0.05) is 0 Å². The highest BCUT2D eigenvalue weighted by atomic mass is 16.6. The van der Waals surface area contributed by atoms with Crippen LogP contribution in [-0.2, 0) is 4.79 Å². The molecule has 0 unspecified atom stereocenters. The Hall–Kier alpha value is -3.82. The number of nitro benzene ring substituents is 1. The largest absolute Gasteiger partial charge is 0.494 e. The molecule has 0 fully saturated rings. The first kappa shape index (κ1) is 19.5. The molecule has 10 nitrogen and oxygen atoms in total. The Morgan fingerprint density at radius 3 is 2.74 bits per heavy atom. The van der Waals surface area contributed by atoms with E-state index < -0.39 is 16.7 Å². The van der Waals surface area contributed by atoms with Gasteiger partial charge in [-0.25, -0.2) is 5.43 Å². The summed E-state index contributed by atoms with van der Waals surface area (Å²) in [6.07, 6.45) is 2.85. The van der Waals surface area contributed by atoms with Crippen LogP contribution in [0.25, 0.3) is 0 Å². The van der Waals surface area contributed by atoms with Crippen LogP contribution in [0.4, 0.5) is 11.4 Å². The number of amides is 2. The zero-order chi connectivity index (χ0) is 19.8. The average Bonchev–Trinajstić information content (AvgIpc) is 2.66. The predicted octanol–water partition coefficient (Wildman–Crippen LogP) is 2.13. The molecule has 0 spiro atoms. The number of carbonyl (C=O) groups excluding carboxylic acids is 2. The van der Waals surface area contributed by atoms with Gasteiger partial charge in [-0.2, -0.15) is 5.10 Å². The number of rotatable bonds is 7. The van der Waals surface area contributed by atoms with Crippen molar-refractivity contribution >= 4 is 28.9 Å². The number of hydrogen-bond acceptors (Lipinski definition) is 7. The Labute approximate surface area is 154 Å². The Morgan fingerprint density at radius 2 is 2.11 bits per heavy atom. The van der Waals surface area contributed by atoms with E-state index in [2.05, 4.69) is 20.8 Å². The average molecular weight is 371 g/mol. The lowest BCUT2D eigenvalue weighted by Gasteiger charge is -2.10. The molecule has 0 aliphatic heterocycles. The molecule has 0 saturated heterocycles. The van der Waals surface area contributed by atoms with Gasteiger partial charge in [0, 0.05) is 24.2 Å². The first-order valence-corrected chi connectivity index (χ1v) is 7.76. The molecule has 0 aliphatic carbocycles. The van der Waals surface area contributed by atoms with Crippen LogP contribution in [0.15, 0.2) is 47.8 Å². The van der Waals surface area contributed by atoms with E-state index in [0.717, 1.165) is 0 Å². The fourth-order valence-corrected chi connectivity index (χ4v) is 2.07. The first-order valence-electron chi connectivity index (χ1n) is 7.76. The topological polar surface area (TPSA) is 136 Å². The van der Waals surface area contributed by atoms with Crippen molar-refractivity contribution < 1.29 is 19.2 Å². The number of nitro groups is 1. The zero-order valence-electron chi connectivity index (χ0n) is 14.6. The van der Waals surface area contributed by atoms with Gasteiger partial charge in [0.25, 0.3) is 11.6 Å². The molecule has 0 radical (unpaired) electrons. The summed E-state index contributed by atoms with van der Waals surface area (Å²) in [6, 6.07) is 7.06. The zero-order valence-corrected chi connectivity index (χ0v) is 14.6. The minimum absolute atomic E-state index is 0.0898. The monoisotopic (exact) mass is 371 g/mol. The van der Waals surface area contributed by atoms with Crippen LogP contribution >= 0.6 is 0 Å². The molecule has 140 valence electrons. The van der Waals surface area contributed by atoms with E-state index in [0.29, 0.717) is 17.0 Å². The number of benzene rings is 1. The highest BCUT2D eigenvalue weighted by molar-refractivity contribution is 6.06. The molecule has 1 aromatic heterocycles. The lowest BCUT2D eigenvalue weighted by molar-refractivity contribution is -0.384. The van der Waals surface area contributed by atoms with Crippen LogP contribution in [0.3, 0.4) is 0 Å². The van der Waals surface area contributed by atoms with Gasteiger partial charge in [-0.15, -0.1) is 0 Å². The maximum absolute atomic E-state index is 12.1. The predicted molar refractivity (Wildman–Crippen MR) is 97.7 cm³/mol. The third-order valence-corrected chi connectivity index (χ3v) is 3.36. The van der Waals surface area contributed by atoms with Crippen LogP contribution in [0.1, 0.15) is 23.7 Å². The second-order valence-corrected chi connectivity index (χ2v) is 5.40. The minimum atomic E-state index is -0.560. The van der Waals surface area contributed by atoms with Crippen molar-refractivity contribution in [2.45, 2.75) is 13.3 Å². The van der Waals surface area contributed by atoms with E-state index in [1.807, 2.05) is 0 Å². The highest BCUT2D eigenvalue weighted by Crippen LogP contribution is 2.29. The summed E-state index contributed by atoms with van der Waals surface area (Å²) < 4.78 is 5.06. The van der Waals surface area contributed by atoms with Crippen molar-refractivity contribution in [3.05, 3.63) is 58.4 Å². The fourth-order valence-electron chi connectivity index (χ4n) is 2.07. The van der Waals surface area contributed by atoms with Crippen LogP contribution < -0.4 is 15.5 Å². The summed E-state index contributed by atoms with van der Waals surface area (Å²) in [5.41, 5.74) is 3.19. The number of ether oxygens (including phenoxy) is 1. The van der Waals surface area contributed by atoms with Gasteiger partial charge in [0.2, 0.25) is 5.91 Å². The van der Waals surface area contributed by atoms with E-state index in [-0.39, 0.29) is 17.9 Å². The van der Waals surface area contributed by atoms with Crippen molar-refractivity contribution in [1.29, 1.82) is 0 Å². The van der Waals surface area contributed by atoms with Gasteiger partial charge in [0.15, 0.2) is 0 Å². The van der Waals surface area contributed by atoms with E-state index in [4.69, 9.17) is 4.74 Å². The summed E-state index contributed by atoms with van der Waals surface area (Å²) in [7, 11) is 1.34. The lowest BCUT2D eigenvalue weighted by atomic mass is 10.2. The van der Waals surface area contributed by atoms with Crippen molar-refractivity contribution in [1.82, 2.24) is 10.4 Å². The first-order chi connectivity index (χ1) is 12.9. The third-order valence-electron chi connectivity index (χ3n) is 3.36. The number of carbonyl (C=O) groups is 2. The van der Waals surface area contributed by atoms with Gasteiger partial charge in [0.05, 0.1) is 35.8 Å². The minimum Gasteiger partial charge on any atom is -0.494 e. The molecular weight excluding hydrogens is 354 g/mol. The summed E-state index contributed by atoms with van der Waals surface area (Å²) in [5.74, 6) is -0.698. The normalized spacial score (nSPS) is 10.8. The molecule has 2 N–H and O–H groups in total. The smallest absolute Gasteiger partial charge is 0.273 e. The molecule has 0 aliphatic rings. The van der Waals surface area contributed by atoms with Crippen LogP contribution in [0.5, 0.6) is 5.75 Å². The Balaban J connectivity index is 1.96. The standard InChI is InChI=1S/C17H17N5O5/c1-11(20-21-17(24)12-4-3-7-18-10-12)8-16(23)19-14-6-5-13(22(25)26)9-15(14)27-2/h3-7,9-10H,8H2,1-2H3,(H,19,23)(H,21,24)/b20-11+. The fraction of sp³-hybridized carbons (Fsp3) is 0.176. The van der Waals surface area contributed by atoms with Gasteiger partial charge in [-0.05, 0) is 25.1 Å². The number of non-ortho nitro benzene ring substituents is 1. The molecule has 0 atom stereocenters. The SMILES string of the molecule is COc1cc([N+](=O)[O-])ccc1NC(=O)C/C(C)=N/NC(=O)c1cccnc1. The number of anilines is 1. The van der Waals surface area contributed by atoms with E-state index in [1.165, 1.54) is 31.5 Å². The number of pyridine rings is 1. The van der Waals surface area contributed by atoms with Crippen LogP contribution in [0, 0.1) is 10.1 Å². The number of methoxy groups -OCH3 is 1. The van der Waals surface area contributed by atoms with E-state index in [9.17, 15) is 19.7 Å². The maximum atomic E-state index is 12.1. The number of aromatic nitrogens is 1. The van der Waals surface area contributed by atoms with Crippen molar-refractivity contribution in [3.8, 4) is 5.75 Å². The molecule has 2 aromatic rings. The Bertz CT molecular complexity index is 883. The van der Waals surface area contributed by atoms with Crippen molar-refractivity contribution in [2.24, 2.45) is 5.10 Å². The van der Waals surface area contributed by atoms with Crippen molar-refractivity contribution in [3.63, 3.8) is 0 Å². The summed E-state index contributed by atoms with van der Waals surface area (Å²) in [4.78, 5) is 38.0. The maximum Gasteiger partial charge on any atom is 0.273 e. The molecule has 2 amide bonds. The van der Waals surface area contributed by atoms with Crippen LogP contribution in [0.2, 0.25) is 0 Å². The molecular formula is C17H17N5O5. The number of hydrogen-bond donors (Lipinski definition) is 2. The third kappa shape index (κ3) is 5.59. The molecule has 1 heterocycles. The summed E-state index contributed by atoms with van der Waals surface area (Å²) in [5, 5.41) is 17.2. The van der Waals surface area contributed by atoms with Gasteiger partial charge < -0.3 is 10.1 Å². The second-order valence-electron chi connectivity index (χ2n) is 5.40. The van der Waals surface area contributed by atoms with Gasteiger partial charge in [0.1, 0.15) is 5.75 Å². The number of nitrogens with one attached hydrogen (secondary N) is 2. The molecule has 1 aromatic carbocycles. The molecule has 10 heteroatoms. The van der Waals surface area contributed by atoms with E-state index in [1.54, 1.807) is 25.3 Å². The van der Waals surface area contributed by atoms with Gasteiger partial charge in [-0.3, -0.25) is 24.7 Å². The highest BCUT2D eigenvalue weighted by Gasteiger charge is 2.14. The lowest BCUT2D eigenvalue weighted by Crippen LogP contribution is -2.21.